The second kappa shape index (κ2) is 13.2. The molecule has 0 radical (unpaired) electrons. The van der Waals surface area contributed by atoms with E-state index in [1.165, 1.54) is 0 Å². The molecule has 0 fully saturated rings. The Hall–Kier alpha value is -3.25. The van der Waals surface area contributed by atoms with Crippen LogP contribution in [0.1, 0.15) is 54.0 Å². The number of methoxy groups -OCH3 is 1. The molecule has 1 aliphatic rings. The molecule has 2 aromatic heterocycles. The van der Waals surface area contributed by atoms with Crippen molar-refractivity contribution in [1.29, 1.82) is 0 Å². The van der Waals surface area contributed by atoms with Gasteiger partial charge in [0, 0.05) is 54.2 Å². The number of benzene rings is 1. The number of hydrogen-bond donors (Lipinski definition) is 1. The molecule has 3 aromatic rings. The van der Waals surface area contributed by atoms with Gasteiger partial charge in [0.2, 0.25) is 5.95 Å². The highest BCUT2D eigenvalue weighted by Gasteiger charge is 2.47. The number of ether oxygens (including phenoxy) is 3. The molecule has 1 amide bonds. The van der Waals surface area contributed by atoms with Crippen molar-refractivity contribution >= 4 is 43.5 Å². The summed E-state index contributed by atoms with van der Waals surface area (Å²) < 4.78 is 23.5. The van der Waals surface area contributed by atoms with Gasteiger partial charge in [0.05, 0.1) is 18.0 Å². The molecule has 1 aliphatic heterocycles. The number of pyridine rings is 1. The summed E-state index contributed by atoms with van der Waals surface area (Å²) in [5.41, 5.74) is 1.82. The Morgan fingerprint density at radius 2 is 1.82 bits per heavy atom. The molecular weight excluding hydrogens is 610 g/mol. The van der Waals surface area contributed by atoms with E-state index in [4.69, 9.17) is 40.2 Å². The van der Waals surface area contributed by atoms with Gasteiger partial charge in [-0.25, -0.2) is 19.7 Å². The van der Waals surface area contributed by atoms with Gasteiger partial charge in [-0.15, -0.1) is 0 Å². The number of carbonyl (C=O) groups excluding carboxylic acids is 1. The van der Waals surface area contributed by atoms with Crippen LogP contribution in [-0.2, 0) is 19.3 Å². The van der Waals surface area contributed by atoms with E-state index in [2.05, 4.69) is 51.1 Å². The van der Waals surface area contributed by atoms with E-state index in [0.717, 1.165) is 11.1 Å². The normalized spacial score (nSPS) is 16.8. The summed E-state index contributed by atoms with van der Waals surface area (Å²) in [4.78, 5) is 29.0. The van der Waals surface area contributed by atoms with E-state index in [-0.39, 0.29) is 5.04 Å². The molecule has 1 unspecified atom stereocenters. The Morgan fingerprint density at radius 1 is 1.09 bits per heavy atom. The zero-order valence-corrected chi connectivity index (χ0v) is 29.8. The van der Waals surface area contributed by atoms with Crippen LogP contribution in [-0.4, -0.2) is 68.4 Å². The number of fused-ring (bicyclic) bond motifs is 1. The smallest absolute Gasteiger partial charge is 0.416 e. The fourth-order valence-electron chi connectivity index (χ4n) is 4.57. The summed E-state index contributed by atoms with van der Waals surface area (Å²) >= 11 is 6.29. The van der Waals surface area contributed by atoms with Crippen LogP contribution in [0.5, 0.6) is 5.75 Å². The lowest BCUT2D eigenvalue weighted by Gasteiger charge is -2.39. The summed E-state index contributed by atoms with van der Waals surface area (Å²) in [6.45, 7) is 20.5. The lowest BCUT2D eigenvalue weighted by molar-refractivity contribution is 0.0574. The monoisotopic (exact) mass is 655 g/mol. The van der Waals surface area contributed by atoms with Crippen LogP contribution in [0.15, 0.2) is 42.7 Å². The zero-order chi connectivity index (χ0) is 33.2. The van der Waals surface area contributed by atoms with Crippen molar-refractivity contribution < 1.29 is 23.4 Å². The topological polar surface area (TPSA) is 108 Å². The molecule has 3 heterocycles. The molecule has 10 nitrogen and oxygen atoms in total. The standard InChI is InChI=1S/C33H46ClN5O5Si/c1-31(2,3)44-30(40)39-20-33(7,21-43-45(9,10)32(4,5)6)24-17-22(19-36-28(24)39)25-13-14-35-29(37-25)38-26-18-23(34)11-12-27(26)42-16-15-41-8/h11-14,17-19H,15-16,20-21H2,1-10H3,(H,35,37,38). The Morgan fingerprint density at radius 3 is 2.49 bits per heavy atom. The maximum atomic E-state index is 13.4. The minimum atomic E-state index is -2.08. The van der Waals surface area contributed by atoms with Crippen molar-refractivity contribution in [3.63, 3.8) is 0 Å². The van der Waals surface area contributed by atoms with Gasteiger partial charge >= 0.3 is 6.09 Å². The van der Waals surface area contributed by atoms with Gasteiger partial charge in [0.1, 0.15) is 23.8 Å². The van der Waals surface area contributed by atoms with Gasteiger partial charge in [-0.05, 0) is 69.2 Å². The van der Waals surface area contributed by atoms with Gasteiger partial charge in [-0.2, -0.15) is 0 Å². The first kappa shape index (κ1) is 34.6. The lowest BCUT2D eigenvalue weighted by atomic mass is 9.85. The summed E-state index contributed by atoms with van der Waals surface area (Å²) in [6.07, 6.45) is 2.97. The Balaban J connectivity index is 1.68. The van der Waals surface area contributed by atoms with Crippen molar-refractivity contribution in [2.75, 3.05) is 43.7 Å². The van der Waals surface area contributed by atoms with Crippen LogP contribution in [0.2, 0.25) is 23.2 Å². The molecule has 0 spiro atoms. The van der Waals surface area contributed by atoms with E-state index >= 15 is 0 Å². The van der Waals surface area contributed by atoms with Crippen molar-refractivity contribution in [2.24, 2.45) is 0 Å². The lowest BCUT2D eigenvalue weighted by Crippen LogP contribution is -2.46. The molecule has 12 heteroatoms. The third-order valence-electron chi connectivity index (χ3n) is 8.14. The maximum absolute atomic E-state index is 13.4. The number of carbonyl (C=O) groups is 1. The van der Waals surface area contributed by atoms with Crippen LogP contribution in [0.25, 0.3) is 11.3 Å². The number of aromatic nitrogens is 3. The SMILES string of the molecule is COCCOc1ccc(Cl)cc1Nc1nccc(-c2cnc3c(c2)C(C)(CO[Si](C)(C)C(C)(C)C)CN3C(=O)OC(C)(C)C)n1. The molecule has 1 aromatic carbocycles. The average molecular weight is 656 g/mol. The van der Waals surface area contributed by atoms with Gasteiger partial charge < -0.3 is 24.0 Å². The van der Waals surface area contributed by atoms with Crippen LogP contribution in [0.3, 0.4) is 0 Å². The maximum Gasteiger partial charge on any atom is 0.416 e. The second-order valence-corrected chi connectivity index (χ2v) is 19.4. The molecule has 0 saturated heterocycles. The average Bonchev–Trinajstić information content (AvgIpc) is 3.24. The van der Waals surface area contributed by atoms with E-state index in [1.54, 1.807) is 42.6 Å². The highest BCUT2D eigenvalue weighted by Crippen LogP contribution is 2.44. The third-order valence-corrected chi connectivity index (χ3v) is 12.8. The molecule has 244 valence electrons. The van der Waals surface area contributed by atoms with Crippen molar-refractivity contribution in [1.82, 2.24) is 15.0 Å². The van der Waals surface area contributed by atoms with Gasteiger partial charge in [-0.1, -0.05) is 39.3 Å². The van der Waals surface area contributed by atoms with E-state index < -0.39 is 25.4 Å². The number of halogens is 1. The van der Waals surface area contributed by atoms with Crippen LogP contribution in [0.4, 0.5) is 22.2 Å². The second-order valence-electron chi connectivity index (χ2n) is 14.1. The quantitative estimate of drug-likeness (QED) is 0.172. The van der Waals surface area contributed by atoms with Crippen LogP contribution >= 0.6 is 11.6 Å². The summed E-state index contributed by atoms with van der Waals surface area (Å²) in [6, 6.07) is 9.18. The van der Waals surface area contributed by atoms with Crippen molar-refractivity contribution in [3.05, 3.63) is 53.3 Å². The summed E-state index contributed by atoms with van der Waals surface area (Å²) in [5.74, 6) is 1.54. The Bertz CT molecular complexity index is 1520. The largest absolute Gasteiger partial charge is 0.489 e. The van der Waals surface area contributed by atoms with E-state index in [0.29, 0.717) is 60.3 Å². The Kier molecular flexibility index (Phi) is 10.2. The first-order valence-corrected chi connectivity index (χ1v) is 18.4. The fourth-order valence-corrected chi connectivity index (χ4v) is 5.86. The summed E-state index contributed by atoms with van der Waals surface area (Å²) in [5, 5.41) is 3.82. The fraction of sp³-hybridized carbons (Fsp3) is 0.515. The van der Waals surface area contributed by atoms with Crippen molar-refractivity contribution in [2.45, 2.75) is 77.6 Å². The third kappa shape index (κ3) is 8.32. The molecule has 1 atom stereocenters. The molecule has 1 N–H and O–H groups in total. The molecule has 0 aliphatic carbocycles. The first-order valence-electron chi connectivity index (χ1n) is 15.1. The molecular formula is C33H46ClN5O5Si. The molecule has 45 heavy (non-hydrogen) atoms. The van der Waals surface area contributed by atoms with Gasteiger partial charge in [0.15, 0.2) is 8.32 Å². The first-order chi connectivity index (χ1) is 20.9. The molecule has 0 saturated carbocycles. The number of nitrogens with one attached hydrogen (secondary N) is 1. The van der Waals surface area contributed by atoms with Crippen LogP contribution in [0, 0.1) is 0 Å². The highest BCUT2D eigenvalue weighted by atomic mass is 35.5. The minimum Gasteiger partial charge on any atom is -0.489 e. The number of nitrogens with zero attached hydrogens (tertiary/aromatic N) is 4. The van der Waals surface area contributed by atoms with E-state index in [1.807, 2.05) is 32.9 Å². The van der Waals surface area contributed by atoms with Gasteiger partial charge in [-0.3, -0.25) is 4.90 Å². The number of amides is 1. The highest BCUT2D eigenvalue weighted by molar-refractivity contribution is 6.74. The summed E-state index contributed by atoms with van der Waals surface area (Å²) in [7, 11) is -0.459. The van der Waals surface area contributed by atoms with Crippen LogP contribution < -0.4 is 15.0 Å². The molecule has 4 rings (SSSR count). The number of anilines is 3. The predicted octanol–water partition coefficient (Wildman–Crippen LogP) is 8.00. The van der Waals surface area contributed by atoms with E-state index in [9.17, 15) is 4.79 Å². The zero-order valence-electron chi connectivity index (χ0n) is 28.1. The Labute approximate surface area is 273 Å². The molecule has 0 bridgehead atoms. The predicted molar refractivity (Wildman–Crippen MR) is 181 cm³/mol. The van der Waals surface area contributed by atoms with Crippen molar-refractivity contribution in [3.8, 4) is 17.0 Å². The minimum absolute atomic E-state index is 0.0395. The van der Waals surface area contributed by atoms with Gasteiger partial charge in [0.25, 0.3) is 0 Å². The number of hydrogen-bond acceptors (Lipinski definition) is 9. The number of rotatable bonds is 10.